The lowest BCUT2D eigenvalue weighted by molar-refractivity contribution is 0.578. The first kappa shape index (κ1) is 9.51. The number of piperidine rings is 1. The maximum absolute atomic E-state index is 11.2. The quantitative estimate of drug-likeness (QED) is 0.766. The van der Waals surface area contributed by atoms with Gasteiger partial charge in [-0.05, 0) is 37.5 Å². The lowest BCUT2D eigenvalue weighted by Gasteiger charge is -2.28. The Balaban J connectivity index is 2.00. The SMILES string of the molecule is O=c1[nH]c2ccc(N3CCCCC3)cc2[nH]1. The lowest BCUT2D eigenvalue weighted by atomic mass is 10.1. The van der Waals surface area contributed by atoms with Crippen LogP contribution in [0, 0.1) is 0 Å². The van der Waals surface area contributed by atoms with Gasteiger partial charge in [-0.15, -0.1) is 0 Å². The molecule has 84 valence electrons. The summed E-state index contributed by atoms with van der Waals surface area (Å²) in [6.45, 7) is 2.25. The second-order valence-corrected chi connectivity index (χ2v) is 4.36. The Bertz CT molecular complexity index is 549. The number of hydrogen-bond acceptors (Lipinski definition) is 2. The van der Waals surface area contributed by atoms with Crippen molar-refractivity contribution in [3.63, 3.8) is 0 Å². The Kier molecular flexibility index (Phi) is 2.20. The highest BCUT2D eigenvalue weighted by atomic mass is 16.1. The zero-order chi connectivity index (χ0) is 11.0. The average molecular weight is 217 g/mol. The van der Waals surface area contributed by atoms with E-state index in [2.05, 4.69) is 27.0 Å². The Morgan fingerprint density at radius 1 is 1.00 bits per heavy atom. The summed E-state index contributed by atoms with van der Waals surface area (Å²) >= 11 is 0. The van der Waals surface area contributed by atoms with Crippen molar-refractivity contribution in [1.82, 2.24) is 9.97 Å². The third-order valence-corrected chi connectivity index (χ3v) is 3.22. The molecule has 1 aromatic carbocycles. The maximum atomic E-state index is 11.2. The van der Waals surface area contributed by atoms with E-state index in [4.69, 9.17) is 0 Å². The van der Waals surface area contributed by atoms with Crippen molar-refractivity contribution < 1.29 is 0 Å². The molecule has 1 aliphatic rings. The minimum absolute atomic E-state index is 0.134. The van der Waals surface area contributed by atoms with Crippen LogP contribution in [0.25, 0.3) is 11.0 Å². The predicted molar refractivity (Wildman–Crippen MR) is 65.0 cm³/mol. The Morgan fingerprint density at radius 2 is 1.75 bits per heavy atom. The number of nitrogens with one attached hydrogen (secondary N) is 2. The summed E-state index contributed by atoms with van der Waals surface area (Å²) in [4.78, 5) is 19.1. The molecule has 4 heteroatoms. The smallest absolute Gasteiger partial charge is 0.323 e. The van der Waals surface area contributed by atoms with Crippen molar-refractivity contribution in [3.05, 3.63) is 28.7 Å². The van der Waals surface area contributed by atoms with Gasteiger partial charge >= 0.3 is 5.69 Å². The van der Waals surface area contributed by atoms with Crippen molar-refractivity contribution in [2.75, 3.05) is 18.0 Å². The van der Waals surface area contributed by atoms with Crippen LogP contribution < -0.4 is 10.6 Å². The second kappa shape index (κ2) is 3.70. The van der Waals surface area contributed by atoms with Crippen LogP contribution in [-0.2, 0) is 0 Å². The van der Waals surface area contributed by atoms with Gasteiger partial charge in [-0.2, -0.15) is 0 Å². The molecule has 2 heterocycles. The molecule has 1 aliphatic heterocycles. The lowest BCUT2D eigenvalue weighted by Crippen LogP contribution is -2.29. The first-order valence-corrected chi connectivity index (χ1v) is 5.80. The van der Waals surface area contributed by atoms with Gasteiger partial charge in [-0.1, -0.05) is 0 Å². The first-order chi connectivity index (χ1) is 7.83. The minimum atomic E-state index is -0.134. The van der Waals surface area contributed by atoms with Gasteiger partial charge in [0.1, 0.15) is 0 Å². The van der Waals surface area contributed by atoms with E-state index < -0.39 is 0 Å². The Labute approximate surface area is 93.3 Å². The fourth-order valence-corrected chi connectivity index (χ4v) is 2.37. The van der Waals surface area contributed by atoms with Gasteiger partial charge in [0.15, 0.2) is 0 Å². The highest BCUT2D eigenvalue weighted by molar-refractivity contribution is 5.79. The second-order valence-electron chi connectivity index (χ2n) is 4.36. The summed E-state index contributed by atoms with van der Waals surface area (Å²) in [5, 5.41) is 0. The van der Waals surface area contributed by atoms with Gasteiger partial charge in [0.05, 0.1) is 11.0 Å². The summed E-state index contributed by atoms with van der Waals surface area (Å²) < 4.78 is 0. The number of aromatic nitrogens is 2. The summed E-state index contributed by atoms with van der Waals surface area (Å²) in [5.74, 6) is 0. The molecule has 0 saturated carbocycles. The normalized spacial score (nSPS) is 16.9. The standard InChI is InChI=1S/C12H15N3O/c16-12-13-10-5-4-9(8-11(10)14-12)15-6-2-1-3-7-15/h4-5,8H,1-3,6-7H2,(H2,13,14,16). The number of anilines is 1. The van der Waals surface area contributed by atoms with E-state index in [0.717, 1.165) is 24.1 Å². The fraction of sp³-hybridized carbons (Fsp3) is 0.417. The molecule has 0 bridgehead atoms. The monoisotopic (exact) mass is 217 g/mol. The number of aromatic amines is 2. The molecule has 2 N–H and O–H groups in total. The molecule has 0 unspecified atom stereocenters. The molecule has 1 saturated heterocycles. The molecular weight excluding hydrogens is 202 g/mol. The number of fused-ring (bicyclic) bond motifs is 1. The first-order valence-electron chi connectivity index (χ1n) is 5.80. The third kappa shape index (κ3) is 1.60. The molecule has 1 fully saturated rings. The minimum Gasteiger partial charge on any atom is -0.371 e. The number of hydrogen-bond donors (Lipinski definition) is 2. The summed E-state index contributed by atoms with van der Waals surface area (Å²) in [6, 6.07) is 6.10. The Hall–Kier alpha value is -1.71. The van der Waals surface area contributed by atoms with Crippen molar-refractivity contribution >= 4 is 16.7 Å². The van der Waals surface area contributed by atoms with Crippen LogP contribution in [-0.4, -0.2) is 23.1 Å². The number of nitrogens with zero attached hydrogens (tertiary/aromatic N) is 1. The molecule has 0 spiro atoms. The Morgan fingerprint density at radius 3 is 2.56 bits per heavy atom. The van der Waals surface area contributed by atoms with E-state index >= 15 is 0 Å². The largest absolute Gasteiger partial charge is 0.371 e. The molecule has 2 aromatic rings. The molecule has 16 heavy (non-hydrogen) atoms. The van der Waals surface area contributed by atoms with Gasteiger partial charge in [0.25, 0.3) is 0 Å². The van der Waals surface area contributed by atoms with Gasteiger partial charge in [-0.25, -0.2) is 4.79 Å². The van der Waals surface area contributed by atoms with Gasteiger partial charge in [-0.3, -0.25) is 0 Å². The highest BCUT2D eigenvalue weighted by Crippen LogP contribution is 2.22. The molecule has 0 aliphatic carbocycles. The van der Waals surface area contributed by atoms with Gasteiger partial charge < -0.3 is 14.9 Å². The van der Waals surface area contributed by atoms with Crippen LogP contribution in [0.3, 0.4) is 0 Å². The molecule has 1 aromatic heterocycles. The molecular formula is C12H15N3O. The van der Waals surface area contributed by atoms with Crippen LogP contribution in [0.4, 0.5) is 5.69 Å². The zero-order valence-corrected chi connectivity index (χ0v) is 9.12. The number of benzene rings is 1. The van der Waals surface area contributed by atoms with Crippen LogP contribution in [0.15, 0.2) is 23.0 Å². The number of rotatable bonds is 1. The predicted octanol–water partition coefficient (Wildman–Crippen LogP) is 1.85. The average Bonchev–Trinajstić information content (AvgIpc) is 2.69. The fourth-order valence-electron chi connectivity index (χ4n) is 2.37. The van der Waals surface area contributed by atoms with E-state index in [1.807, 2.05) is 6.07 Å². The van der Waals surface area contributed by atoms with Gasteiger partial charge in [0.2, 0.25) is 0 Å². The molecule has 4 nitrogen and oxygen atoms in total. The number of imidazole rings is 1. The third-order valence-electron chi connectivity index (χ3n) is 3.22. The van der Waals surface area contributed by atoms with Crippen molar-refractivity contribution in [2.45, 2.75) is 19.3 Å². The molecule has 0 atom stereocenters. The van der Waals surface area contributed by atoms with Gasteiger partial charge in [0, 0.05) is 18.8 Å². The van der Waals surface area contributed by atoms with E-state index in [9.17, 15) is 4.79 Å². The van der Waals surface area contributed by atoms with E-state index in [1.165, 1.54) is 24.9 Å². The van der Waals surface area contributed by atoms with Crippen LogP contribution >= 0.6 is 0 Å². The number of H-pyrrole nitrogens is 2. The van der Waals surface area contributed by atoms with Crippen molar-refractivity contribution in [2.24, 2.45) is 0 Å². The summed E-state index contributed by atoms with van der Waals surface area (Å²) in [5.41, 5.74) is 2.85. The summed E-state index contributed by atoms with van der Waals surface area (Å²) in [6.07, 6.45) is 3.86. The summed E-state index contributed by atoms with van der Waals surface area (Å²) in [7, 11) is 0. The topological polar surface area (TPSA) is 51.9 Å². The van der Waals surface area contributed by atoms with Crippen LogP contribution in [0.1, 0.15) is 19.3 Å². The van der Waals surface area contributed by atoms with E-state index in [1.54, 1.807) is 0 Å². The van der Waals surface area contributed by atoms with Crippen LogP contribution in [0.2, 0.25) is 0 Å². The highest BCUT2D eigenvalue weighted by Gasteiger charge is 2.11. The van der Waals surface area contributed by atoms with E-state index in [0.29, 0.717) is 0 Å². The molecule has 3 rings (SSSR count). The van der Waals surface area contributed by atoms with Crippen LogP contribution in [0.5, 0.6) is 0 Å². The van der Waals surface area contributed by atoms with E-state index in [-0.39, 0.29) is 5.69 Å². The molecule has 0 amide bonds. The zero-order valence-electron chi connectivity index (χ0n) is 9.12. The maximum Gasteiger partial charge on any atom is 0.323 e. The van der Waals surface area contributed by atoms with Crippen molar-refractivity contribution in [3.8, 4) is 0 Å². The van der Waals surface area contributed by atoms with Crippen molar-refractivity contribution in [1.29, 1.82) is 0 Å². The molecule has 0 radical (unpaired) electrons.